The van der Waals surface area contributed by atoms with Gasteiger partial charge in [0.2, 0.25) is 11.7 Å². The summed E-state index contributed by atoms with van der Waals surface area (Å²) in [6.45, 7) is 4.64. The van der Waals surface area contributed by atoms with Gasteiger partial charge in [0, 0.05) is 11.3 Å². The highest BCUT2D eigenvalue weighted by molar-refractivity contribution is 5.94. The largest absolute Gasteiger partial charge is 0.325 e. The Labute approximate surface area is 164 Å². The maximum atomic E-state index is 12.2. The SMILES string of the molecule is CCC(C)C(N)C(=O)Nc1ccc(CCn2nnc(-c3ccccc3)n2)cc1. The monoisotopic (exact) mass is 378 g/mol. The molecule has 2 unspecified atom stereocenters. The highest BCUT2D eigenvalue weighted by Crippen LogP contribution is 2.14. The molecule has 0 fully saturated rings. The Morgan fingerprint density at radius 1 is 1.14 bits per heavy atom. The van der Waals surface area contributed by atoms with Gasteiger partial charge in [-0.2, -0.15) is 4.80 Å². The van der Waals surface area contributed by atoms with E-state index in [0.29, 0.717) is 12.4 Å². The van der Waals surface area contributed by atoms with E-state index < -0.39 is 6.04 Å². The van der Waals surface area contributed by atoms with Crippen LogP contribution in [0.25, 0.3) is 11.4 Å². The Morgan fingerprint density at radius 2 is 1.86 bits per heavy atom. The van der Waals surface area contributed by atoms with Gasteiger partial charge in [-0.05, 0) is 35.2 Å². The van der Waals surface area contributed by atoms with Crippen LogP contribution in [-0.4, -0.2) is 32.2 Å². The minimum Gasteiger partial charge on any atom is -0.325 e. The molecule has 0 aliphatic heterocycles. The number of hydrogen-bond acceptors (Lipinski definition) is 5. The second-order valence-electron chi connectivity index (χ2n) is 6.92. The number of nitrogens with two attached hydrogens (primary N) is 1. The van der Waals surface area contributed by atoms with Crippen molar-refractivity contribution in [3.8, 4) is 11.4 Å². The summed E-state index contributed by atoms with van der Waals surface area (Å²) in [5.41, 5.74) is 8.79. The fourth-order valence-electron chi connectivity index (χ4n) is 2.76. The Bertz CT molecular complexity index is 891. The number of rotatable bonds is 8. The number of nitrogens with one attached hydrogen (secondary N) is 1. The molecular weight excluding hydrogens is 352 g/mol. The molecule has 2 aromatic carbocycles. The van der Waals surface area contributed by atoms with Crippen molar-refractivity contribution in [3.05, 3.63) is 60.2 Å². The maximum absolute atomic E-state index is 12.2. The number of anilines is 1. The Kier molecular flexibility index (Phi) is 6.49. The third-order valence-corrected chi connectivity index (χ3v) is 4.87. The molecule has 0 aliphatic rings. The number of carbonyl (C=O) groups excluding carboxylic acids is 1. The molecular formula is C21H26N6O. The first kappa shape index (κ1) is 19.7. The number of carbonyl (C=O) groups is 1. The quantitative estimate of drug-likeness (QED) is 0.628. The maximum Gasteiger partial charge on any atom is 0.241 e. The summed E-state index contributed by atoms with van der Waals surface area (Å²) in [6.07, 6.45) is 1.64. The van der Waals surface area contributed by atoms with E-state index in [1.165, 1.54) is 0 Å². The summed E-state index contributed by atoms with van der Waals surface area (Å²) in [5, 5.41) is 15.5. The van der Waals surface area contributed by atoms with Gasteiger partial charge < -0.3 is 11.1 Å². The van der Waals surface area contributed by atoms with E-state index in [0.717, 1.165) is 29.7 Å². The van der Waals surface area contributed by atoms with Gasteiger partial charge in [-0.15, -0.1) is 10.2 Å². The normalized spacial score (nSPS) is 13.1. The van der Waals surface area contributed by atoms with Crippen molar-refractivity contribution in [2.75, 3.05) is 5.32 Å². The third kappa shape index (κ3) is 5.01. The minimum atomic E-state index is -0.498. The number of tetrazole rings is 1. The summed E-state index contributed by atoms with van der Waals surface area (Å²) in [6, 6.07) is 17.0. The average molecular weight is 378 g/mol. The van der Waals surface area contributed by atoms with Crippen LogP contribution in [0.1, 0.15) is 25.8 Å². The molecule has 3 rings (SSSR count). The van der Waals surface area contributed by atoms with E-state index in [9.17, 15) is 4.79 Å². The number of aromatic nitrogens is 4. The van der Waals surface area contributed by atoms with E-state index in [1.807, 2.05) is 68.4 Å². The lowest BCUT2D eigenvalue weighted by molar-refractivity contribution is -0.118. The lowest BCUT2D eigenvalue weighted by Gasteiger charge is -2.17. The molecule has 0 aliphatic carbocycles. The molecule has 1 aromatic heterocycles. The van der Waals surface area contributed by atoms with Gasteiger partial charge in [0.15, 0.2) is 0 Å². The van der Waals surface area contributed by atoms with Gasteiger partial charge in [-0.3, -0.25) is 4.79 Å². The Balaban J connectivity index is 1.54. The second kappa shape index (κ2) is 9.23. The van der Waals surface area contributed by atoms with E-state index in [1.54, 1.807) is 4.80 Å². The number of amides is 1. The van der Waals surface area contributed by atoms with Crippen LogP contribution in [0.15, 0.2) is 54.6 Å². The van der Waals surface area contributed by atoms with Gasteiger partial charge in [0.05, 0.1) is 12.6 Å². The summed E-state index contributed by atoms with van der Waals surface area (Å²) in [4.78, 5) is 13.8. The van der Waals surface area contributed by atoms with Crippen molar-refractivity contribution in [3.63, 3.8) is 0 Å². The van der Waals surface area contributed by atoms with E-state index in [4.69, 9.17) is 5.73 Å². The molecule has 0 radical (unpaired) electrons. The molecule has 0 saturated heterocycles. The molecule has 7 nitrogen and oxygen atoms in total. The predicted molar refractivity (Wildman–Crippen MR) is 109 cm³/mol. The topological polar surface area (TPSA) is 98.7 Å². The van der Waals surface area contributed by atoms with Crippen molar-refractivity contribution >= 4 is 11.6 Å². The van der Waals surface area contributed by atoms with E-state index in [-0.39, 0.29) is 11.8 Å². The molecule has 0 spiro atoms. The van der Waals surface area contributed by atoms with Gasteiger partial charge in [-0.1, -0.05) is 62.7 Å². The molecule has 0 bridgehead atoms. The first-order valence-electron chi connectivity index (χ1n) is 9.55. The van der Waals surface area contributed by atoms with Crippen LogP contribution in [0.3, 0.4) is 0 Å². The molecule has 28 heavy (non-hydrogen) atoms. The molecule has 2 atom stereocenters. The lowest BCUT2D eigenvalue weighted by Crippen LogP contribution is -2.40. The van der Waals surface area contributed by atoms with Crippen LogP contribution in [0.4, 0.5) is 5.69 Å². The number of hydrogen-bond donors (Lipinski definition) is 2. The third-order valence-electron chi connectivity index (χ3n) is 4.87. The highest BCUT2D eigenvalue weighted by atomic mass is 16.2. The van der Waals surface area contributed by atoms with Crippen LogP contribution in [0.2, 0.25) is 0 Å². The molecule has 3 N–H and O–H groups in total. The first-order valence-corrected chi connectivity index (χ1v) is 9.55. The molecule has 7 heteroatoms. The number of nitrogens with zero attached hydrogens (tertiary/aromatic N) is 4. The second-order valence-corrected chi connectivity index (χ2v) is 6.92. The fourth-order valence-corrected chi connectivity index (χ4v) is 2.76. The van der Waals surface area contributed by atoms with Gasteiger partial charge in [0.1, 0.15) is 0 Å². The van der Waals surface area contributed by atoms with Gasteiger partial charge in [-0.25, -0.2) is 0 Å². The summed E-state index contributed by atoms with van der Waals surface area (Å²) >= 11 is 0. The highest BCUT2D eigenvalue weighted by Gasteiger charge is 2.19. The number of aryl methyl sites for hydroxylation is 2. The van der Waals surface area contributed by atoms with Crippen LogP contribution < -0.4 is 11.1 Å². The van der Waals surface area contributed by atoms with Crippen molar-refractivity contribution < 1.29 is 4.79 Å². The van der Waals surface area contributed by atoms with Crippen molar-refractivity contribution in [2.24, 2.45) is 11.7 Å². The predicted octanol–water partition coefficient (Wildman–Crippen LogP) is 2.89. The molecule has 3 aromatic rings. The zero-order valence-electron chi connectivity index (χ0n) is 16.2. The molecule has 1 amide bonds. The van der Waals surface area contributed by atoms with Crippen LogP contribution >= 0.6 is 0 Å². The minimum absolute atomic E-state index is 0.148. The standard InChI is InChI=1S/C21H26N6O/c1-3-15(2)19(22)21(28)23-18-11-9-16(10-12-18)13-14-27-25-20(24-26-27)17-7-5-4-6-8-17/h4-12,15,19H,3,13-14,22H2,1-2H3,(H,23,28). The number of benzene rings is 2. The zero-order chi connectivity index (χ0) is 19.9. The van der Waals surface area contributed by atoms with Crippen LogP contribution in [0, 0.1) is 5.92 Å². The van der Waals surface area contributed by atoms with Gasteiger partial charge >= 0.3 is 0 Å². The Morgan fingerprint density at radius 3 is 2.54 bits per heavy atom. The molecule has 0 saturated carbocycles. The van der Waals surface area contributed by atoms with E-state index in [2.05, 4.69) is 20.7 Å². The zero-order valence-corrected chi connectivity index (χ0v) is 16.2. The first-order chi connectivity index (χ1) is 13.6. The fraction of sp³-hybridized carbons (Fsp3) is 0.333. The van der Waals surface area contributed by atoms with Crippen molar-refractivity contribution in [1.82, 2.24) is 20.2 Å². The van der Waals surface area contributed by atoms with Crippen molar-refractivity contribution in [1.29, 1.82) is 0 Å². The summed E-state index contributed by atoms with van der Waals surface area (Å²) in [5.74, 6) is 0.619. The average Bonchev–Trinajstić information content (AvgIpc) is 3.22. The summed E-state index contributed by atoms with van der Waals surface area (Å²) in [7, 11) is 0. The Hall–Kier alpha value is -3.06. The van der Waals surface area contributed by atoms with Crippen LogP contribution in [-0.2, 0) is 17.8 Å². The van der Waals surface area contributed by atoms with Gasteiger partial charge in [0.25, 0.3) is 0 Å². The summed E-state index contributed by atoms with van der Waals surface area (Å²) < 4.78 is 0. The lowest BCUT2D eigenvalue weighted by atomic mass is 9.99. The van der Waals surface area contributed by atoms with Crippen molar-refractivity contribution in [2.45, 2.75) is 39.3 Å². The molecule has 146 valence electrons. The smallest absolute Gasteiger partial charge is 0.241 e. The molecule has 1 heterocycles. The van der Waals surface area contributed by atoms with Crippen LogP contribution in [0.5, 0.6) is 0 Å². The van der Waals surface area contributed by atoms with E-state index >= 15 is 0 Å².